The second-order valence-corrected chi connectivity index (χ2v) is 8.98. The van der Waals surface area contributed by atoms with Crippen LogP contribution in [0.15, 0.2) is 45.8 Å². The van der Waals surface area contributed by atoms with Crippen LogP contribution in [0.25, 0.3) is 0 Å². The molecule has 4 nitrogen and oxygen atoms in total. The standard InChI is InChI=1S/C21H23BrClNO3S/c1-26-20-8-7-17(22)10-16(20)13-28-21-15(4-2-6-19(21)23)11-24-9-3-5-18(24)12-27-14-25/h2,4,6-8,10,14,18H,3,5,9,11-13H2,1H3. The zero-order valence-corrected chi connectivity index (χ0v) is 18.9. The van der Waals surface area contributed by atoms with Crippen molar-refractivity contribution in [3.05, 3.63) is 57.0 Å². The van der Waals surface area contributed by atoms with Gasteiger partial charge in [0.15, 0.2) is 0 Å². The maximum absolute atomic E-state index is 10.5. The van der Waals surface area contributed by atoms with E-state index in [4.69, 9.17) is 21.1 Å². The number of halogens is 2. The van der Waals surface area contributed by atoms with Gasteiger partial charge in [-0.05, 0) is 49.2 Å². The van der Waals surface area contributed by atoms with Gasteiger partial charge >= 0.3 is 0 Å². The topological polar surface area (TPSA) is 38.8 Å². The van der Waals surface area contributed by atoms with Crippen LogP contribution in [0, 0.1) is 0 Å². The number of benzene rings is 2. The monoisotopic (exact) mass is 483 g/mol. The fourth-order valence-corrected chi connectivity index (χ4v) is 5.33. The van der Waals surface area contributed by atoms with Gasteiger partial charge in [0.1, 0.15) is 12.4 Å². The minimum atomic E-state index is 0.271. The quantitative estimate of drug-likeness (QED) is 0.345. The van der Waals surface area contributed by atoms with E-state index in [-0.39, 0.29) is 6.04 Å². The summed E-state index contributed by atoms with van der Waals surface area (Å²) in [6, 6.07) is 12.3. The molecule has 1 aliphatic heterocycles. The molecule has 1 atom stereocenters. The summed E-state index contributed by atoms with van der Waals surface area (Å²) in [6.45, 7) is 2.78. The number of hydrogen-bond donors (Lipinski definition) is 0. The van der Waals surface area contributed by atoms with Crippen LogP contribution in [0.5, 0.6) is 5.75 Å². The van der Waals surface area contributed by atoms with Crippen LogP contribution in [-0.2, 0) is 21.8 Å². The predicted octanol–water partition coefficient (Wildman–Crippen LogP) is 5.54. The second-order valence-electron chi connectivity index (χ2n) is 6.67. The molecule has 1 fully saturated rings. The van der Waals surface area contributed by atoms with Gasteiger partial charge in [-0.2, -0.15) is 0 Å². The second kappa shape index (κ2) is 10.5. The van der Waals surface area contributed by atoms with Crippen LogP contribution in [-0.4, -0.2) is 37.7 Å². The molecule has 0 aromatic heterocycles. The molecule has 1 heterocycles. The molecule has 0 aliphatic carbocycles. The highest BCUT2D eigenvalue weighted by molar-refractivity contribution is 9.10. The minimum Gasteiger partial charge on any atom is -0.496 e. The molecule has 3 rings (SSSR count). The summed E-state index contributed by atoms with van der Waals surface area (Å²) < 4.78 is 11.5. The van der Waals surface area contributed by atoms with E-state index in [0.29, 0.717) is 13.1 Å². The molecule has 0 radical (unpaired) electrons. The Bertz CT molecular complexity index is 820. The third-order valence-electron chi connectivity index (χ3n) is 4.89. The first-order chi connectivity index (χ1) is 13.6. The molecular weight excluding hydrogens is 462 g/mol. The van der Waals surface area contributed by atoms with Gasteiger partial charge < -0.3 is 9.47 Å². The number of likely N-dealkylation sites (tertiary alicyclic amines) is 1. The summed E-state index contributed by atoms with van der Waals surface area (Å²) in [4.78, 5) is 14.0. The van der Waals surface area contributed by atoms with Crippen molar-refractivity contribution in [2.75, 3.05) is 20.3 Å². The van der Waals surface area contributed by atoms with Crippen molar-refractivity contribution in [2.45, 2.75) is 36.1 Å². The average Bonchev–Trinajstić information content (AvgIpc) is 3.13. The molecule has 7 heteroatoms. The van der Waals surface area contributed by atoms with Crippen molar-refractivity contribution in [3.63, 3.8) is 0 Å². The Labute approximate surface area is 183 Å². The molecule has 150 valence electrons. The number of nitrogens with zero attached hydrogens (tertiary/aromatic N) is 1. The maximum Gasteiger partial charge on any atom is 0.293 e. The lowest BCUT2D eigenvalue weighted by atomic mass is 10.2. The molecule has 0 N–H and O–H groups in total. The highest BCUT2D eigenvalue weighted by Crippen LogP contribution is 2.37. The molecule has 1 unspecified atom stereocenters. The predicted molar refractivity (Wildman–Crippen MR) is 117 cm³/mol. The first kappa shape index (κ1) is 21.5. The SMILES string of the molecule is COc1ccc(Br)cc1CSc1c(Cl)cccc1CN1CCCC1COC=O. The lowest BCUT2D eigenvalue weighted by Crippen LogP contribution is -2.32. The summed E-state index contributed by atoms with van der Waals surface area (Å²) >= 11 is 11.8. The summed E-state index contributed by atoms with van der Waals surface area (Å²) in [6.07, 6.45) is 2.16. The van der Waals surface area contributed by atoms with Gasteiger partial charge in [0.25, 0.3) is 6.47 Å². The van der Waals surface area contributed by atoms with Gasteiger partial charge in [0.2, 0.25) is 0 Å². The fraction of sp³-hybridized carbons (Fsp3) is 0.381. The third kappa shape index (κ3) is 5.44. The van der Waals surface area contributed by atoms with Crippen molar-refractivity contribution < 1.29 is 14.3 Å². The van der Waals surface area contributed by atoms with E-state index in [9.17, 15) is 4.79 Å². The Morgan fingerprint density at radius 2 is 2.18 bits per heavy atom. The largest absolute Gasteiger partial charge is 0.496 e. The summed E-state index contributed by atoms with van der Waals surface area (Å²) in [7, 11) is 1.69. The first-order valence-corrected chi connectivity index (χ1v) is 11.3. The molecular formula is C21H23BrClNO3S. The first-order valence-electron chi connectivity index (χ1n) is 9.14. The number of ether oxygens (including phenoxy) is 2. The van der Waals surface area contributed by atoms with E-state index < -0.39 is 0 Å². The van der Waals surface area contributed by atoms with Gasteiger partial charge in [-0.15, -0.1) is 11.8 Å². The number of rotatable bonds is 9. The third-order valence-corrected chi connectivity index (χ3v) is 7.04. The molecule has 0 saturated carbocycles. The Morgan fingerprint density at radius 1 is 1.32 bits per heavy atom. The maximum atomic E-state index is 10.5. The molecule has 1 aliphatic rings. The van der Waals surface area contributed by atoms with Crippen molar-refractivity contribution in [3.8, 4) is 5.75 Å². The number of methoxy groups -OCH3 is 1. The van der Waals surface area contributed by atoms with Crippen LogP contribution in [0.4, 0.5) is 0 Å². The molecule has 0 amide bonds. The number of hydrogen-bond acceptors (Lipinski definition) is 5. The lowest BCUT2D eigenvalue weighted by molar-refractivity contribution is -0.130. The summed E-state index contributed by atoms with van der Waals surface area (Å²) in [5.41, 5.74) is 2.32. The van der Waals surface area contributed by atoms with Crippen LogP contribution in [0.3, 0.4) is 0 Å². The molecule has 1 saturated heterocycles. The van der Waals surface area contributed by atoms with Crippen molar-refractivity contribution >= 4 is 45.8 Å². The summed E-state index contributed by atoms with van der Waals surface area (Å²) in [5.74, 6) is 1.63. The number of carbonyl (C=O) groups excluding carboxylic acids is 1. The Morgan fingerprint density at radius 3 is 2.96 bits per heavy atom. The zero-order valence-electron chi connectivity index (χ0n) is 15.7. The lowest BCUT2D eigenvalue weighted by Gasteiger charge is -2.25. The van der Waals surface area contributed by atoms with Crippen molar-refractivity contribution in [1.29, 1.82) is 0 Å². The van der Waals surface area contributed by atoms with Gasteiger partial charge in [-0.25, -0.2) is 0 Å². The molecule has 28 heavy (non-hydrogen) atoms. The average molecular weight is 485 g/mol. The van der Waals surface area contributed by atoms with Crippen LogP contribution in [0.1, 0.15) is 24.0 Å². The van der Waals surface area contributed by atoms with Crippen molar-refractivity contribution in [1.82, 2.24) is 4.90 Å². The molecule has 0 spiro atoms. The number of thioether (sulfide) groups is 1. The Balaban J connectivity index is 1.75. The van der Waals surface area contributed by atoms with Crippen LogP contribution in [0.2, 0.25) is 5.02 Å². The van der Waals surface area contributed by atoms with E-state index in [0.717, 1.165) is 57.4 Å². The molecule has 2 aromatic carbocycles. The van der Waals surface area contributed by atoms with Crippen molar-refractivity contribution in [2.24, 2.45) is 0 Å². The van der Waals surface area contributed by atoms with Gasteiger partial charge in [-0.1, -0.05) is 39.7 Å². The van der Waals surface area contributed by atoms with Crippen LogP contribution >= 0.6 is 39.3 Å². The highest BCUT2D eigenvalue weighted by Gasteiger charge is 2.26. The van der Waals surface area contributed by atoms with Gasteiger partial charge in [0, 0.05) is 33.3 Å². The molecule has 2 aromatic rings. The Hall–Kier alpha value is -1.21. The van der Waals surface area contributed by atoms with E-state index in [1.54, 1.807) is 18.9 Å². The zero-order chi connectivity index (χ0) is 19.9. The van der Waals surface area contributed by atoms with Gasteiger partial charge in [0.05, 0.1) is 12.1 Å². The summed E-state index contributed by atoms with van der Waals surface area (Å²) in [5, 5.41) is 0.761. The van der Waals surface area contributed by atoms with E-state index in [1.165, 1.54) is 5.56 Å². The molecule has 0 bridgehead atoms. The fourth-order valence-electron chi connectivity index (χ4n) is 3.51. The Kier molecular flexibility index (Phi) is 8.09. The minimum absolute atomic E-state index is 0.271. The normalized spacial score (nSPS) is 16.9. The van der Waals surface area contributed by atoms with Crippen LogP contribution < -0.4 is 4.74 Å². The smallest absolute Gasteiger partial charge is 0.293 e. The van der Waals surface area contributed by atoms with E-state index in [2.05, 4.69) is 33.0 Å². The van der Waals surface area contributed by atoms with E-state index >= 15 is 0 Å². The van der Waals surface area contributed by atoms with Gasteiger partial charge in [-0.3, -0.25) is 9.69 Å². The highest BCUT2D eigenvalue weighted by atomic mass is 79.9. The number of carbonyl (C=O) groups is 1. The van der Waals surface area contributed by atoms with E-state index in [1.807, 2.05) is 24.3 Å².